The Hall–Kier alpha value is -0.890. The molecule has 0 aliphatic heterocycles. The Balaban J connectivity index is 1.72. The van der Waals surface area contributed by atoms with E-state index in [0.717, 1.165) is 24.3 Å². The number of likely N-dealkylation sites (N-methyl/N-ethyl adjacent to an activating group) is 1. The van der Waals surface area contributed by atoms with Gasteiger partial charge < -0.3 is 5.32 Å². The van der Waals surface area contributed by atoms with E-state index in [2.05, 4.69) is 36.3 Å². The van der Waals surface area contributed by atoms with Gasteiger partial charge in [-0.1, -0.05) is 13.8 Å². The van der Waals surface area contributed by atoms with Crippen LogP contribution in [0.15, 0.2) is 24.5 Å². The molecule has 0 amide bonds. The van der Waals surface area contributed by atoms with Gasteiger partial charge in [0, 0.05) is 18.4 Å². The van der Waals surface area contributed by atoms with Crippen LogP contribution in [0.2, 0.25) is 0 Å². The predicted molar refractivity (Wildman–Crippen MR) is 74.4 cm³/mol. The van der Waals surface area contributed by atoms with Crippen molar-refractivity contribution < 1.29 is 0 Å². The van der Waals surface area contributed by atoms with Gasteiger partial charge in [-0.05, 0) is 67.2 Å². The van der Waals surface area contributed by atoms with Crippen LogP contribution in [0.4, 0.5) is 0 Å². The summed E-state index contributed by atoms with van der Waals surface area (Å²) in [4.78, 5) is 4.13. The molecule has 4 atom stereocenters. The van der Waals surface area contributed by atoms with E-state index in [1.54, 1.807) is 0 Å². The Morgan fingerprint density at radius 2 is 1.89 bits per heavy atom. The lowest BCUT2D eigenvalue weighted by Crippen LogP contribution is -2.39. The zero-order chi connectivity index (χ0) is 12.5. The average molecular weight is 244 g/mol. The summed E-state index contributed by atoms with van der Waals surface area (Å²) in [5.41, 5.74) is 1.43. The molecular weight excluding hydrogens is 220 g/mol. The molecule has 0 radical (unpaired) electrons. The molecule has 0 bridgehead atoms. The van der Waals surface area contributed by atoms with E-state index < -0.39 is 0 Å². The third-order valence-electron chi connectivity index (χ3n) is 5.00. The largest absolute Gasteiger partial charge is 0.313 e. The third kappa shape index (κ3) is 2.31. The minimum absolute atomic E-state index is 0.593. The molecule has 1 aromatic rings. The van der Waals surface area contributed by atoms with Gasteiger partial charge in [0.1, 0.15) is 0 Å². The van der Waals surface area contributed by atoms with E-state index in [9.17, 15) is 0 Å². The minimum Gasteiger partial charge on any atom is -0.313 e. The smallest absolute Gasteiger partial charge is 0.0270 e. The van der Waals surface area contributed by atoms with Crippen LogP contribution in [0, 0.1) is 17.8 Å². The summed E-state index contributed by atoms with van der Waals surface area (Å²) >= 11 is 0. The Labute approximate surface area is 110 Å². The molecular formula is C16H24N2. The van der Waals surface area contributed by atoms with Crippen LogP contribution in [0.5, 0.6) is 0 Å². The fourth-order valence-corrected chi connectivity index (χ4v) is 3.92. The SMILES string of the molecule is CCNC(C1CC2CC2C1)C(C)c1ccncc1. The molecule has 1 aromatic heterocycles. The van der Waals surface area contributed by atoms with Crippen LogP contribution in [0.25, 0.3) is 0 Å². The Morgan fingerprint density at radius 1 is 1.22 bits per heavy atom. The van der Waals surface area contributed by atoms with Crippen molar-refractivity contribution in [3.63, 3.8) is 0 Å². The highest BCUT2D eigenvalue weighted by atomic mass is 14.9. The standard InChI is InChI=1S/C16H24N2/c1-3-18-16(15-9-13-8-14(13)10-15)11(2)12-4-6-17-7-5-12/h4-7,11,13-16,18H,3,8-10H2,1-2H3. The quantitative estimate of drug-likeness (QED) is 0.860. The number of nitrogens with one attached hydrogen (secondary N) is 1. The molecule has 98 valence electrons. The summed E-state index contributed by atoms with van der Waals surface area (Å²) in [5.74, 6) is 3.62. The molecule has 18 heavy (non-hydrogen) atoms. The van der Waals surface area contributed by atoms with Crippen LogP contribution < -0.4 is 5.32 Å². The Morgan fingerprint density at radius 3 is 2.50 bits per heavy atom. The van der Waals surface area contributed by atoms with Crippen molar-refractivity contribution in [1.29, 1.82) is 0 Å². The fraction of sp³-hybridized carbons (Fsp3) is 0.688. The van der Waals surface area contributed by atoms with Crippen LogP contribution in [-0.2, 0) is 0 Å². The zero-order valence-electron chi connectivity index (χ0n) is 11.5. The second-order valence-electron chi connectivity index (χ2n) is 6.14. The van der Waals surface area contributed by atoms with Crippen molar-refractivity contribution in [2.45, 2.75) is 45.1 Å². The van der Waals surface area contributed by atoms with E-state index in [0.29, 0.717) is 12.0 Å². The highest BCUT2D eigenvalue weighted by Crippen LogP contribution is 2.56. The van der Waals surface area contributed by atoms with Crippen molar-refractivity contribution >= 4 is 0 Å². The summed E-state index contributed by atoms with van der Waals surface area (Å²) in [7, 11) is 0. The molecule has 2 nitrogen and oxygen atoms in total. The summed E-state index contributed by atoms with van der Waals surface area (Å²) in [6.07, 6.45) is 8.26. The van der Waals surface area contributed by atoms with Crippen molar-refractivity contribution in [2.75, 3.05) is 6.54 Å². The van der Waals surface area contributed by atoms with E-state index in [-0.39, 0.29) is 0 Å². The lowest BCUT2D eigenvalue weighted by atomic mass is 9.82. The van der Waals surface area contributed by atoms with Crippen LogP contribution in [0.3, 0.4) is 0 Å². The maximum atomic E-state index is 4.13. The van der Waals surface area contributed by atoms with Crippen molar-refractivity contribution in [3.8, 4) is 0 Å². The molecule has 0 spiro atoms. The lowest BCUT2D eigenvalue weighted by Gasteiger charge is -2.31. The first-order chi connectivity index (χ1) is 8.79. The maximum Gasteiger partial charge on any atom is 0.0270 e. The van der Waals surface area contributed by atoms with E-state index in [1.807, 2.05) is 12.4 Å². The van der Waals surface area contributed by atoms with Gasteiger partial charge >= 0.3 is 0 Å². The Kier molecular flexibility index (Phi) is 3.38. The van der Waals surface area contributed by atoms with Gasteiger partial charge in [0.25, 0.3) is 0 Å². The number of nitrogens with zero attached hydrogens (tertiary/aromatic N) is 1. The molecule has 0 saturated heterocycles. The minimum atomic E-state index is 0.593. The molecule has 2 fully saturated rings. The first kappa shape index (κ1) is 12.2. The molecule has 2 heteroatoms. The monoisotopic (exact) mass is 244 g/mol. The van der Waals surface area contributed by atoms with Gasteiger partial charge in [-0.2, -0.15) is 0 Å². The summed E-state index contributed by atoms with van der Waals surface area (Å²) < 4.78 is 0. The molecule has 1 N–H and O–H groups in total. The molecule has 2 aliphatic rings. The van der Waals surface area contributed by atoms with Crippen LogP contribution in [0.1, 0.15) is 44.6 Å². The number of aromatic nitrogens is 1. The van der Waals surface area contributed by atoms with Crippen LogP contribution >= 0.6 is 0 Å². The number of fused-ring (bicyclic) bond motifs is 1. The van der Waals surface area contributed by atoms with Crippen LogP contribution in [-0.4, -0.2) is 17.6 Å². The van der Waals surface area contributed by atoms with E-state index in [4.69, 9.17) is 0 Å². The van der Waals surface area contributed by atoms with E-state index >= 15 is 0 Å². The topological polar surface area (TPSA) is 24.9 Å². The maximum absolute atomic E-state index is 4.13. The molecule has 3 rings (SSSR count). The van der Waals surface area contributed by atoms with E-state index in [1.165, 1.54) is 24.8 Å². The number of hydrogen-bond donors (Lipinski definition) is 1. The zero-order valence-corrected chi connectivity index (χ0v) is 11.5. The summed E-state index contributed by atoms with van der Waals surface area (Å²) in [6, 6.07) is 4.99. The van der Waals surface area contributed by atoms with Crippen molar-refractivity contribution in [1.82, 2.24) is 10.3 Å². The molecule has 2 aliphatic carbocycles. The van der Waals surface area contributed by atoms with Crippen molar-refractivity contribution in [2.24, 2.45) is 17.8 Å². The molecule has 2 saturated carbocycles. The molecule has 1 heterocycles. The average Bonchev–Trinajstić information content (AvgIpc) is 3.03. The van der Waals surface area contributed by atoms with Gasteiger partial charge in [0.2, 0.25) is 0 Å². The van der Waals surface area contributed by atoms with Gasteiger partial charge in [-0.25, -0.2) is 0 Å². The molecule has 4 unspecified atom stereocenters. The van der Waals surface area contributed by atoms with Gasteiger partial charge in [0.15, 0.2) is 0 Å². The highest BCUT2D eigenvalue weighted by Gasteiger charge is 2.48. The highest BCUT2D eigenvalue weighted by molar-refractivity contribution is 5.18. The molecule has 0 aromatic carbocycles. The lowest BCUT2D eigenvalue weighted by molar-refractivity contribution is 0.304. The first-order valence-electron chi connectivity index (χ1n) is 7.43. The predicted octanol–water partition coefficient (Wildman–Crippen LogP) is 3.21. The number of rotatable bonds is 5. The van der Waals surface area contributed by atoms with Gasteiger partial charge in [-0.3, -0.25) is 4.98 Å². The second kappa shape index (κ2) is 5.00. The van der Waals surface area contributed by atoms with Gasteiger partial charge in [-0.15, -0.1) is 0 Å². The second-order valence-corrected chi connectivity index (χ2v) is 6.14. The summed E-state index contributed by atoms with van der Waals surface area (Å²) in [6.45, 7) is 5.67. The Bertz CT molecular complexity index is 379. The summed E-state index contributed by atoms with van der Waals surface area (Å²) in [5, 5.41) is 3.74. The third-order valence-corrected chi connectivity index (χ3v) is 5.00. The number of hydrogen-bond acceptors (Lipinski definition) is 2. The van der Waals surface area contributed by atoms with Crippen molar-refractivity contribution in [3.05, 3.63) is 30.1 Å². The fourth-order valence-electron chi connectivity index (χ4n) is 3.92. The number of pyridine rings is 1. The first-order valence-corrected chi connectivity index (χ1v) is 7.43. The normalized spacial score (nSPS) is 32.9. The van der Waals surface area contributed by atoms with Gasteiger partial charge in [0.05, 0.1) is 0 Å².